The van der Waals surface area contributed by atoms with Crippen LogP contribution in [0.15, 0.2) is 96.6 Å². The van der Waals surface area contributed by atoms with Gasteiger partial charge in [0.1, 0.15) is 11.6 Å². The molecule has 2 saturated heterocycles. The van der Waals surface area contributed by atoms with E-state index >= 15 is 4.79 Å². The van der Waals surface area contributed by atoms with Crippen molar-refractivity contribution >= 4 is 51.7 Å². The highest BCUT2D eigenvalue weighted by molar-refractivity contribution is 6.30. The lowest BCUT2D eigenvalue weighted by Gasteiger charge is -2.50. The molecular weight excluding hydrogens is 681 g/mol. The number of allylic oxidation sites excluding steroid dienone is 2. The average molecular weight is 718 g/mol. The fraction of sp³-hybridized carbons (Fsp3) is 0.333. The number of halogens is 2. The number of hydrogen-bond donors (Lipinski definition) is 2. The largest absolute Gasteiger partial charge is 0.507 e. The lowest BCUT2D eigenvalue weighted by atomic mass is 9.49. The maximum absolute atomic E-state index is 15.4. The molecule has 2 saturated carbocycles. The van der Waals surface area contributed by atoms with Gasteiger partial charge in [-0.05, 0) is 78.9 Å². The van der Waals surface area contributed by atoms with Crippen molar-refractivity contribution in [2.24, 2.45) is 23.7 Å². The minimum absolute atomic E-state index is 0.0123. The van der Waals surface area contributed by atoms with Gasteiger partial charge in [0.15, 0.2) is 0 Å². The minimum atomic E-state index is -1.57. The smallest absolute Gasteiger partial charge is 0.260 e. The Morgan fingerprint density at radius 3 is 2.29 bits per heavy atom. The first kappa shape index (κ1) is 32.9. The van der Waals surface area contributed by atoms with Gasteiger partial charge in [0.25, 0.3) is 11.8 Å². The van der Waals surface area contributed by atoms with Gasteiger partial charge in [-0.3, -0.25) is 29.5 Å². The van der Waals surface area contributed by atoms with Crippen LogP contribution in [0.5, 0.6) is 5.75 Å². The standard InChI is InChI=1S/C42H37ClFN3O5/c43-25-13-11-24(12-14-25)42-34(39(50)47(41(42)52)45-27-17-15-26(44)16-18-27)22-33-30(36(42)32-19-10-23-6-4-5-9-29(23)37(32)48)20-21-31-35(33)40(51)46(38(31)49)28-7-2-1-3-8-28/h4-6,9-20,28,31,33-36,45,48H,1-3,7-8,21-22H2. The van der Waals surface area contributed by atoms with Gasteiger partial charge in [0, 0.05) is 27.9 Å². The zero-order valence-electron chi connectivity index (χ0n) is 28.3. The van der Waals surface area contributed by atoms with Crippen LogP contribution in [0.2, 0.25) is 5.02 Å². The predicted octanol–water partition coefficient (Wildman–Crippen LogP) is 7.66. The Balaban J connectivity index is 1.26. The van der Waals surface area contributed by atoms with E-state index in [1.54, 1.807) is 24.3 Å². The molecule has 4 aromatic carbocycles. The Morgan fingerprint density at radius 2 is 1.54 bits per heavy atom. The number of hydrogen-bond acceptors (Lipinski definition) is 6. The third-order valence-electron chi connectivity index (χ3n) is 12.5. The van der Waals surface area contributed by atoms with Crippen LogP contribution in [-0.4, -0.2) is 44.7 Å². The molecule has 2 N–H and O–H groups in total. The van der Waals surface area contributed by atoms with Crippen molar-refractivity contribution in [1.29, 1.82) is 0 Å². The molecule has 8 nitrogen and oxygen atoms in total. The third-order valence-corrected chi connectivity index (χ3v) is 12.7. The van der Waals surface area contributed by atoms with Gasteiger partial charge in [0.05, 0.1) is 28.9 Å². The number of phenols is 1. The van der Waals surface area contributed by atoms with E-state index in [0.717, 1.165) is 48.1 Å². The van der Waals surface area contributed by atoms with Crippen LogP contribution in [0, 0.1) is 29.5 Å². The highest BCUT2D eigenvalue weighted by atomic mass is 35.5. The molecule has 52 heavy (non-hydrogen) atoms. The fourth-order valence-electron chi connectivity index (χ4n) is 10.2. The van der Waals surface area contributed by atoms with Crippen molar-refractivity contribution in [3.63, 3.8) is 0 Å². The molecule has 4 fully saturated rings. The van der Waals surface area contributed by atoms with E-state index in [1.165, 1.54) is 29.2 Å². The number of imide groups is 2. The summed E-state index contributed by atoms with van der Waals surface area (Å²) in [5.41, 5.74) is 3.51. The van der Waals surface area contributed by atoms with E-state index in [-0.39, 0.29) is 30.0 Å². The molecule has 6 unspecified atom stereocenters. The van der Waals surface area contributed by atoms with Crippen LogP contribution in [0.1, 0.15) is 62.0 Å². The molecule has 0 radical (unpaired) electrons. The summed E-state index contributed by atoms with van der Waals surface area (Å²) in [4.78, 5) is 60.4. The van der Waals surface area contributed by atoms with Crippen LogP contribution >= 0.6 is 11.6 Å². The number of fused-ring (bicyclic) bond motifs is 5. The zero-order chi connectivity index (χ0) is 35.9. The van der Waals surface area contributed by atoms with E-state index in [2.05, 4.69) is 5.43 Å². The summed E-state index contributed by atoms with van der Waals surface area (Å²) in [5, 5.41) is 15.0. The van der Waals surface area contributed by atoms with Crippen LogP contribution in [-0.2, 0) is 24.6 Å². The molecule has 5 aliphatic rings. The lowest BCUT2D eigenvalue weighted by molar-refractivity contribution is -0.144. The second-order valence-corrected chi connectivity index (χ2v) is 15.4. The third kappa shape index (κ3) is 4.71. The minimum Gasteiger partial charge on any atom is -0.507 e. The number of nitrogens with zero attached hydrogens (tertiary/aromatic N) is 2. The number of phenolic OH excluding ortho intramolecular Hbond substituents is 1. The topological polar surface area (TPSA) is 107 Å². The van der Waals surface area contributed by atoms with Gasteiger partial charge in [-0.15, -0.1) is 0 Å². The normalized spacial score (nSPS) is 28.9. The van der Waals surface area contributed by atoms with Crippen LogP contribution in [0.4, 0.5) is 10.1 Å². The molecule has 2 heterocycles. The molecule has 0 bridgehead atoms. The number of benzene rings is 4. The number of carbonyl (C=O) groups excluding carboxylic acids is 4. The summed E-state index contributed by atoms with van der Waals surface area (Å²) in [7, 11) is 0. The van der Waals surface area contributed by atoms with E-state index in [1.807, 2.05) is 42.5 Å². The number of nitrogens with one attached hydrogen (secondary N) is 1. The van der Waals surface area contributed by atoms with Gasteiger partial charge in [-0.25, -0.2) is 4.39 Å². The highest BCUT2D eigenvalue weighted by Gasteiger charge is 2.70. The van der Waals surface area contributed by atoms with Gasteiger partial charge in [0.2, 0.25) is 11.8 Å². The number of hydrazine groups is 1. The molecule has 0 spiro atoms. The number of amides is 4. The summed E-state index contributed by atoms with van der Waals surface area (Å²) in [6, 6.07) is 23.3. The highest BCUT2D eigenvalue weighted by Crippen LogP contribution is 2.65. The Hall–Kier alpha value is -5.02. The molecule has 10 heteroatoms. The van der Waals surface area contributed by atoms with E-state index < -0.39 is 52.6 Å². The van der Waals surface area contributed by atoms with Crippen LogP contribution in [0.25, 0.3) is 10.8 Å². The summed E-state index contributed by atoms with van der Waals surface area (Å²) < 4.78 is 13.9. The van der Waals surface area contributed by atoms with Gasteiger partial charge in [-0.2, -0.15) is 5.01 Å². The summed E-state index contributed by atoms with van der Waals surface area (Å²) in [6.07, 6.45) is 7.04. The maximum Gasteiger partial charge on any atom is 0.260 e. The van der Waals surface area contributed by atoms with Crippen LogP contribution < -0.4 is 5.43 Å². The monoisotopic (exact) mass is 717 g/mol. The molecule has 4 aromatic rings. The number of aromatic hydroxyl groups is 1. The van der Waals surface area contributed by atoms with Crippen molar-refractivity contribution in [2.75, 3.05) is 5.43 Å². The Labute approximate surface area is 305 Å². The van der Waals surface area contributed by atoms with Crippen molar-refractivity contribution < 1.29 is 28.7 Å². The SMILES string of the molecule is O=C1C2CC3C(=CCC4C(=O)N(C5CCCCC5)C(=O)C43)C(c3ccc4ccccc4c3O)C2(c2ccc(Cl)cc2)C(=O)N1Nc1ccc(F)cc1. The molecule has 6 atom stereocenters. The second kappa shape index (κ2) is 12.3. The summed E-state index contributed by atoms with van der Waals surface area (Å²) in [6.45, 7) is 0. The second-order valence-electron chi connectivity index (χ2n) is 14.9. The van der Waals surface area contributed by atoms with Crippen molar-refractivity contribution in [1.82, 2.24) is 9.91 Å². The average Bonchev–Trinajstić information content (AvgIpc) is 3.54. The predicted molar refractivity (Wildman–Crippen MR) is 193 cm³/mol. The molecule has 4 amide bonds. The molecular formula is C42H37ClFN3O5. The van der Waals surface area contributed by atoms with Gasteiger partial charge >= 0.3 is 0 Å². The van der Waals surface area contributed by atoms with E-state index in [0.29, 0.717) is 33.6 Å². The molecule has 264 valence electrons. The summed E-state index contributed by atoms with van der Waals surface area (Å²) in [5.74, 6) is -5.52. The van der Waals surface area contributed by atoms with Gasteiger partial charge in [-0.1, -0.05) is 91.0 Å². The summed E-state index contributed by atoms with van der Waals surface area (Å²) >= 11 is 6.40. The lowest BCUT2D eigenvalue weighted by Crippen LogP contribution is -2.53. The molecule has 2 aliphatic heterocycles. The number of anilines is 1. The Bertz CT molecular complexity index is 2180. The first-order valence-corrected chi connectivity index (χ1v) is 18.5. The quantitative estimate of drug-likeness (QED) is 0.162. The van der Waals surface area contributed by atoms with Gasteiger partial charge < -0.3 is 5.11 Å². The molecule has 0 aromatic heterocycles. The van der Waals surface area contributed by atoms with E-state index in [4.69, 9.17) is 11.6 Å². The zero-order valence-corrected chi connectivity index (χ0v) is 29.1. The number of likely N-dealkylation sites (tertiary alicyclic amines) is 1. The first-order chi connectivity index (χ1) is 25.2. The van der Waals surface area contributed by atoms with Crippen LogP contribution in [0.3, 0.4) is 0 Å². The Kier molecular flexibility index (Phi) is 7.77. The molecule has 3 aliphatic carbocycles. The number of rotatable bonds is 5. The number of carbonyl (C=O) groups is 4. The van der Waals surface area contributed by atoms with Crippen molar-refractivity contribution in [3.05, 3.63) is 119 Å². The maximum atomic E-state index is 15.4. The van der Waals surface area contributed by atoms with Crippen molar-refractivity contribution in [3.8, 4) is 5.75 Å². The fourth-order valence-corrected chi connectivity index (χ4v) is 10.4. The Morgan fingerprint density at radius 1 is 0.808 bits per heavy atom. The van der Waals surface area contributed by atoms with E-state index in [9.17, 15) is 23.9 Å². The van der Waals surface area contributed by atoms with Crippen molar-refractivity contribution in [2.45, 2.75) is 62.3 Å². The molecule has 9 rings (SSSR count). The first-order valence-electron chi connectivity index (χ1n) is 18.1.